The number of halogens is 3. The predicted molar refractivity (Wildman–Crippen MR) is 88.6 cm³/mol. The van der Waals surface area contributed by atoms with E-state index in [2.05, 4.69) is 81.3 Å². The summed E-state index contributed by atoms with van der Waals surface area (Å²) in [6.07, 6.45) is 1.19. The fourth-order valence-corrected chi connectivity index (χ4v) is 4.05. The Morgan fingerprint density at radius 2 is 2.00 bits per heavy atom. The van der Waals surface area contributed by atoms with Crippen LogP contribution in [-0.4, -0.2) is 34.1 Å². The maximum Gasteiger partial charge on any atom is 0.178 e. The predicted octanol–water partition coefficient (Wildman–Crippen LogP) is 4.59. The van der Waals surface area contributed by atoms with Crippen LogP contribution >= 0.6 is 47.8 Å². The van der Waals surface area contributed by atoms with Crippen molar-refractivity contribution in [1.29, 1.82) is 0 Å². The number of imidazole rings is 1. The molecule has 0 bridgehead atoms. The van der Waals surface area contributed by atoms with Crippen molar-refractivity contribution in [2.24, 2.45) is 0 Å². The van der Waals surface area contributed by atoms with Gasteiger partial charge in [-0.15, -0.1) is 0 Å². The van der Waals surface area contributed by atoms with Gasteiger partial charge < -0.3 is 9.47 Å². The van der Waals surface area contributed by atoms with Crippen LogP contribution in [0, 0.1) is 0 Å². The summed E-state index contributed by atoms with van der Waals surface area (Å²) >= 11 is 10.7. The molecule has 19 heavy (non-hydrogen) atoms. The Morgan fingerprint density at radius 1 is 1.26 bits per heavy atom. The van der Waals surface area contributed by atoms with Crippen molar-refractivity contribution in [2.75, 3.05) is 19.6 Å². The van der Waals surface area contributed by atoms with Crippen molar-refractivity contribution in [3.63, 3.8) is 0 Å². The fourth-order valence-electron chi connectivity index (χ4n) is 2.72. The molecule has 1 aromatic carbocycles. The summed E-state index contributed by atoms with van der Waals surface area (Å²) in [6, 6.07) is 4.71. The number of likely N-dealkylation sites (N-methyl/N-ethyl adjacent to an activating group) is 1. The van der Waals surface area contributed by atoms with E-state index < -0.39 is 0 Å². The van der Waals surface area contributed by atoms with Crippen LogP contribution < -0.4 is 0 Å². The average molecular weight is 452 g/mol. The van der Waals surface area contributed by atoms with Gasteiger partial charge in [0.15, 0.2) is 4.73 Å². The minimum absolute atomic E-state index is 0.507. The van der Waals surface area contributed by atoms with E-state index in [0.717, 1.165) is 32.3 Å². The SMILES string of the molecule is CCN1CC[C@H](n2c(Br)nc3cc(Br)c(Br)cc32)C1. The standard InChI is InChI=1S/C13H14Br3N3/c1-2-18-4-3-8(7-18)19-12-6-10(15)9(14)5-11(12)17-13(19)16/h5-6,8H,2-4,7H2,1H3/t8-/m0/s1. The highest BCUT2D eigenvalue weighted by Gasteiger charge is 2.26. The highest BCUT2D eigenvalue weighted by molar-refractivity contribution is 9.13. The molecule has 0 radical (unpaired) electrons. The second-order valence-electron chi connectivity index (χ2n) is 4.84. The van der Waals surface area contributed by atoms with Gasteiger partial charge in [-0.25, -0.2) is 4.98 Å². The van der Waals surface area contributed by atoms with Crippen molar-refractivity contribution in [2.45, 2.75) is 19.4 Å². The van der Waals surface area contributed by atoms with Gasteiger partial charge in [0.1, 0.15) is 0 Å². The van der Waals surface area contributed by atoms with E-state index in [1.54, 1.807) is 0 Å². The zero-order valence-electron chi connectivity index (χ0n) is 10.5. The number of hydrogen-bond donors (Lipinski definition) is 0. The molecule has 1 saturated heterocycles. The van der Waals surface area contributed by atoms with Crippen LogP contribution in [0.4, 0.5) is 0 Å². The summed E-state index contributed by atoms with van der Waals surface area (Å²) in [4.78, 5) is 7.10. The molecule has 1 aliphatic rings. The van der Waals surface area contributed by atoms with E-state index in [1.807, 2.05) is 0 Å². The molecule has 1 atom stereocenters. The van der Waals surface area contributed by atoms with Gasteiger partial charge in [-0.3, -0.25) is 0 Å². The van der Waals surface area contributed by atoms with Gasteiger partial charge in [0.2, 0.25) is 0 Å². The van der Waals surface area contributed by atoms with Crippen molar-refractivity contribution >= 4 is 58.8 Å². The third-order valence-corrected chi connectivity index (χ3v) is 6.15. The Labute approximate surface area is 137 Å². The molecule has 0 amide bonds. The molecule has 2 heterocycles. The largest absolute Gasteiger partial charge is 0.314 e. The number of aromatic nitrogens is 2. The maximum atomic E-state index is 4.62. The lowest BCUT2D eigenvalue weighted by molar-refractivity contribution is 0.342. The lowest BCUT2D eigenvalue weighted by Gasteiger charge is -2.16. The zero-order chi connectivity index (χ0) is 13.6. The Hall–Kier alpha value is 0.0900. The van der Waals surface area contributed by atoms with Crippen LogP contribution in [0.25, 0.3) is 11.0 Å². The average Bonchev–Trinajstić information content (AvgIpc) is 2.94. The second-order valence-corrected chi connectivity index (χ2v) is 7.26. The Kier molecular flexibility index (Phi) is 4.04. The summed E-state index contributed by atoms with van der Waals surface area (Å²) in [5.74, 6) is 0. The molecule has 6 heteroatoms. The van der Waals surface area contributed by atoms with Crippen molar-refractivity contribution in [3.8, 4) is 0 Å². The van der Waals surface area contributed by atoms with Crippen molar-refractivity contribution in [3.05, 3.63) is 25.8 Å². The first-order valence-corrected chi connectivity index (χ1v) is 8.73. The maximum absolute atomic E-state index is 4.62. The molecular formula is C13H14Br3N3. The fraction of sp³-hybridized carbons (Fsp3) is 0.462. The summed E-state index contributed by atoms with van der Waals surface area (Å²) in [7, 11) is 0. The van der Waals surface area contributed by atoms with Crippen LogP contribution in [0.15, 0.2) is 25.8 Å². The van der Waals surface area contributed by atoms with Crippen molar-refractivity contribution in [1.82, 2.24) is 14.5 Å². The van der Waals surface area contributed by atoms with E-state index in [9.17, 15) is 0 Å². The summed E-state index contributed by atoms with van der Waals surface area (Å²) in [5, 5.41) is 0. The van der Waals surface area contributed by atoms with E-state index in [4.69, 9.17) is 0 Å². The Bertz CT molecular complexity index is 623. The Morgan fingerprint density at radius 3 is 2.68 bits per heavy atom. The first kappa shape index (κ1) is 14.0. The van der Waals surface area contributed by atoms with E-state index in [0.29, 0.717) is 6.04 Å². The minimum Gasteiger partial charge on any atom is -0.314 e. The molecule has 0 spiro atoms. The van der Waals surface area contributed by atoms with Gasteiger partial charge >= 0.3 is 0 Å². The number of likely N-dealkylation sites (tertiary alicyclic amines) is 1. The third-order valence-electron chi connectivity index (χ3n) is 3.75. The molecular weight excluding hydrogens is 438 g/mol. The van der Waals surface area contributed by atoms with Gasteiger partial charge in [-0.05, 0) is 72.9 Å². The normalized spacial score (nSPS) is 20.5. The lowest BCUT2D eigenvalue weighted by Crippen LogP contribution is -2.21. The highest BCUT2D eigenvalue weighted by Crippen LogP contribution is 2.34. The van der Waals surface area contributed by atoms with E-state index in [-0.39, 0.29) is 0 Å². The summed E-state index contributed by atoms with van der Waals surface area (Å²) in [5.41, 5.74) is 2.21. The summed E-state index contributed by atoms with van der Waals surface area (Å²) in [6.45, 7) is 5.62. The van der Waals surface area contributed by atoms with Crippen LogP contribution in [-0.2, 0) is 0 Å². The molecule has 102 valence electrons. The zero-order valence-corrected chi connectivity index (χ0v) is 15.3. The number of rotatable bonds is 2. The van der Waals surface area contributed by atoms with Gasteiger partial charge in [0, 0.05) is 22.0 Å². The van der Waals surface area contributed by atoms with Crippen LogP contribution in [0.3, 0.4) is 0 Å². The van der Waals surface area contributed by atoms with Gasteiger partial charge in [-0.1, -0.05) is 6.92 Å². The quantitative estimate of drug-likeness (QED) is 0.665. The highest BCUT2D eigenvalue weighted by atomic mass is 79.9. The molecule has 2 aromatic rings. The molecule has 0 unspecified atom stereocenters. The monoisotopic (exact) mass is 449 g/mol. The minimum atomic E-state index is 0.507. The van der Waals surface area contributed by atoms with E-state index >= 15 is 0 Å². The molecule has 1 aliphatic heterocycles. The van der Waals surface area contributed by atoms with Crippen molar-refractivity contribution < 1.29 is 0 Å². The first-order chi connectivity index (χ1) is 9.10. The number of nitrogens with zero attached hydrogens (tertiary/aromatic N) is 3. The molecule has 0 N–H and O–H groups in total. The van der Waals surface area contributed by atoms with Crippen LogP contribution in [0.5, 0.6) is 0 Å². The summed E-state index contributed by atoms with van der Waals surface area (Å²) < 4.78 is 5.36. The van der Waals surface area contributed by atoms with Gasteiger partial charge in [-0.2, -0.15) is 0 Å². The number of benzene rings is 1. The molecule has 3 rings (SSSR count). The lowest BCUT2D eigenvalue weighted by atomic mass is 10.2. The third kappa shape index (κ3) is 2.52. The molecule has 0 aliphatic carbocycles. The Balaban J connectivity index is 2.08. The van der Waals surface area contributed by atoms with Crippen LogP contribution in [0.1, 0.15) is 19.4 Å². The molecule has 1 aromatic heterocycles. The molecule has 3 nitrogen and oxygen atoms in total. The molecule has 1 fully saturated rings. The van der Waals surface area contributed by atoms with E-state index in [1.165, 1.54) is 18.5 Å². The first-order valence-electron chi connectivity index (χ1n) is 6.35. The smallest absolute Gasteiger partial charge is 0.178 e. The van der Waals surface area contributed by atoms with Gasteiger partial charge in [0.25, 0.3) is 0 Å². The molecule has 0 saturated carbocycles. The number of fused-ring (bicyclic) bond motifs is 1. The number of hydrogen-bond acceptors (Lipinski definition) is 2. The van der Waals surface area contributed by atoms with Gasteiger partial charge in [0.05, 0.1) is 17.1 Å². The van der Waals surface area contributed by atoms with Crippen LogP contribution in [0.2, 0.25) is 0 Å². The topological polar surface area (TPSA) is 21.1 Å². The second kappa shape index (κ2) is 5.47.